The number of nitrogens with zero attached hydrogens (tertiary/aromatic N) is 4. The van der Waals surface area contributed by atoms with E-state index in [1.54, 1.807) is 0 Å². The number of nitrogens with one attached hydrogen (secondary N) is 2. The van der Waals surface area contributed by atoms with Gasteiger partial charge in [0.2, 0.25) is 0 Å². The standard InChI is InChI=1S/C20H32N6O.HI/c1-3-25-8-10-26(11-9-25)19-12-15(6-7-22-19)14-23-20(21-2)24-17-13-16-4-5-18(17)27-16;/h6-7,12,16-18H,3-5,8-11,13-14H2,1-2H3,(H2,21,23,24);1H. The summed E-state index contributed by atoms with van der Waals surface area (Å²) in [6, 6.07) is 4.66. The molecule has 156 valence electrons. The Morgan fingerprint density at radius 2 is 2.11 bits per heavy atom. The molecule has 3 atom stereocenters. The van der Waals surface area contributed by atoms with Crippen molar-refractivity contribution in [1.82, 2.24) is 20.5 Å². The molecule has 4 heterocycles. The Labute approximate surface area is 185 Å². The zero-order valence-electron chi connectivity index (χ0n) is 16.9. The molecule has 0 aliphatic carbocycles. The molecule has 2 N–H and O–H groups in total. The summed E-state index contributed by atoms with van der Waals surface area (Å²) in [6.07, 6.45) is 6.18. The fourth-order valence-electron chi connectivity index (χ4n) is 4.38. The van der Waals surface area contributed by atoms with E-state index in [9.17, 15) is 0 Å². The highest BCUT2D eigenvalue weighted by atomic mass is 127. The van der Waals surface area contributed by atoms with Gasteiger partial charge in [0.05, 0.1) is 18.2 Å². The summed E-state index contributed by atoms with van der Waals surface area (Å²) < 4.78 is 5.93. The van der Waals surface area contributed by atoms with Crippen molar-refractivity contribution in [2.24, 2.45) is 4.99 Å². The largest absolute Gasteiger partial charge is 0.373 e. The SMILES string of the molecule is CCN1CCN(c2cc(CNC(=NC)NC3CC4CCC3O4)ccn2)CC1.I. The number of halogens is 1. The van der Waals surface area contributed by atoms with Gasteiger partial charge in [-0.05, 0) is 43.5 Å². The number of pyridine rings is 1. The predicted octanol–water partition coefficient (Wildman–Crippen LogP) is 1.83. The molecular formula is C20H33IN6O. The summed E-state index contributed by atoms with van der Waals surface area (Å²) in [6.45, 7) is 8.42. The number of hydrogen-bond donors (Lipinski definition) is 2. The van der Waals surface area contributed by atoms with Gasteiger partial charge < -0.3 is 25.2 Å². The van der Waals surface area contributed by atoms with Gasteiger partial charge in [0.1, 0.15) is 5.82 Å². The molecule has 3 aliphatic rings. The van der Waals surface area contributed by atoms with Crippen LogP contribution in [0.4, 0.5) is 5.82 Å². The van der Waals surface area contributed by atoms with E-state index < -0.39 is 0 Å². The molecule has 3 fully saturated rings. The minimum Gasteiger partial charge on any atom is -0.373 e. The van der Waals surface area contributed by atoms with E-state index in [0.29, 0.717) is 18.2 Å². The van der Waals surface area contributed by atoms with Gasteiger partial charge in [-0.3, -0.25) is 4.99 Å². The molecule has 0 saturated carbocycles. The molecule has 1 aromatic heterocycles. The van der Waals surface area contributed by atoms with E-state index in [0.717, 1.165) is 57.5 Å². The molecule has 0 radical (unpaired) electrons. The van der Waals surface area contributed by atoms with Crippen molar-refractivity contribution in [2.45, 2.75) is 51.0 Å². The van der Waals surface area contributed by atoms with Gasteiger partial charge in [0.15, 0.2) is 5.96 Å². The third-order valence-corrected chi connectivity index (χ3v) is 6.07. The molecule has 4 rings (SSSR count). The van der Waals surface area contributed by atoms with Gasteiger partial charge in [-0.15, -0.1) is 24.0 Å². The third kappa shape index (κ3) is 5.07. The zero-order valence-corrected chi connectivity index (χ0v) is 19.3. The van der Waals surface area contributed by atoms with Crippen molar-refractivity contribution >= 4 is 35.8 Å². The monoisotopic (exact) mass is 500 g/mol. The lowest BCUT2D eigenvalue weighted by molar-refractivity contribution is 0.0992. The van der Waals surface area contributed by atoms with Crippen molar-refractivity contribution in [3.63, 3.8) is 0 Å². The normalized spacial score (nSPS) is 27.6. The Balaban J connectivity index is 0.00000225. The third-order valence-electron chi connectivity index (χ3n) is 6.07. The Morgan fingerprint density at radius 1 is 1.29 bits per heavy atom. The van der Waals surface area contributed by atoms with Crippen LogP contribution in [0.25, 0.3) is 0 Å². The quantitative estimate of drug-likeness (QED) is 0.366. The Hall–Kier alpha value is -1.13. The van der Waals surface area contributed by atoms with Gasteiger partial charge in [-0.25, -0.2) is 4.98 Å². The first kappa shape index (κ1) is 21.6. The number of anilines is 1. The summed E-state index contributed by atoms with van der Waals surface area (Å²) in [4.78, 5) is 13.8. The summed E-state index contributed by atoms with van der Waals surface area (Å²) in [5, 5.41) is 6.99. The first-order chi connectivity index (χ1) is 13.2. The highest BCUT2D eigenvalue weighted by molar-refractivity contribution is 14.0. The van der Waals surface area contributed by atoms with E-state index in [4.69, 9.17) is 4.74 Å². The van der Waals surface area contributed by atoms with Gasteiger partial charge in [-0.2, -0.15) is 0 Å². The maximum absolute atomic E-state index is 5.93. The van der Waals surface area contributed by atoms with Crippen molar-refractivity contribution in [2.75, 3.05) is 44.7 Å². The fourth-order valence-corrected chi connectivity index (χ4v) is 4.38. The Morgan fingerprint density at radius 3 is 2.75 bits per heavy atom. The van der Waals surface area contributed by atoms with Crippen LogP contribution in [-0.4, -0.2) is 73.9 Å². The predicted molar refractivity (Wildman–Crippen MR) is 124 cm³/mol. The minimum absolute atomic E-state index is 0. The van der Waals surface area contributed by atoms with Gasteiger partial charge in [-0.1, -0.05) is 6.92 Å². The van der Waals surface area contributed by atoms with Crippen LogP contribution in [0.2, 0.25) is 0 Å². The van der Waals surface area contributed by atoms with Crippen LogP contribution in [0.1, 0.15) is 31.7 Å². The lowest BCUT2D eigenvalue weighted by Crippen LogP contribution is -2.47. The zero-order chi connectivity index (χ0) is 18.6. The molecule has 3 unspecified atom stereocenters. The lowest BCUT2D eigenvalue weighted by atomic mass is 9.96. The number of likely N-dealkylation sites (N-methyl/N-ethyl adjacent to an activating group) is 1. The summed E-state index contributed by atoms with van der Waals surface area (Å²) >= 11 is 0. The number of guanidine groups is 1. The first-order valence-corrected chi connectivity index (χ1v) is 10.3. The molecule has 3 saturated heterocycles. The molecule has 3 aliphatic heterocycles. The Kier molecular flexibility index (Phi) is 7.76. The van der Waals surface area contributed by atoms with Crippen molar-refractivity contribution < 1.29 is 4.74 Å². The molecule has 1 aromatic rings. The van der Waals surface area contributed by atoms with Crippen molar-refractivity contribution in [3.05, 3.63) is 23.9 Å². The van der Waals surface area contributed by atoms with Crippen LogP contribution in [0.3, 0.4) is 0 Å². The molecule has 0 aromatic carbocycles. The first-order valence-electron chi connectivity index (χ1n) is 10.3. The van der Waals surface area contributed by atoms with E-state index in [-0.39, 0.29) is 24.0 Å². The average Bonchev–Trinajstić information content (AvgIpc) is 3.34. The number of fused-ring (bicyclic) bond motifs is 2. The number of aliphatic imine (C=N–C) groups is 1. The van der Waals surface area contributed by atoms with E-state index in [1.165, 1.54) is 18.4 Å². The smallest absolute Gasteiger partial charge is 0.191 e. The van der Waals surface area contributed by atoms with Gasteiger partial charge in [0.25, 0.3) is 0 Å². The van der Waals surface area contributed by atoms with Gasteiger partial charge >= 0.3 is 0 Å². The number of ether oxygens (including phenoxy) is 1. The number of aromatic nitrogens is 1. The second-order valence-electron chi connectivity index (χ2n) is 7.73. The van der Waals surface area contributed by atoms with E-state index in [2.05, 4.69) is 49.5 Å². The van der Waals surface area contributed by atoms with E-state index in [1.807, 2.05) is 13.2 Å². The summed E-state index contributed by atoms with van der Waals surface area (Å²) in [5.74, 6) is 1.93. The van der Waals surface area contributed by atoms with Crippen LogP contribution >= 0.6 is 24.0 Å². The lowest BCUT2D eigenvalue weighted by Gasteiger charge is -2.34. The van der Waals surface area contributed by atoms with Crippen molar-refractivity contribution in [3.8, 4) is 0 Å². The maximum Gasteiger partial charge on any atom is 0.191 e. The summed E-state index contributed by atoms with van der Waals surface area (Å²) in [5.41, 5.74) is 1.23. The van der Waals surface area contributed by atoms with Crippen LogP contribution in [-0.2, 0) is 11.3 Å². The summed E-state index contributed by atoms with van der Waals surface area (Å²) in [7, 11) is 1.83. The Bertz CT molecular complexity index is 664. The van der Waals surface area contributed by atoms with Gasteiger partial charge in [0, 0.05) is 46.0 Å². The van der Waals surface area contributed by atoms with Crippen molar-refractivity contribution in [1.29, 1.82) is 0 Å². The molecule has 0 spiro atoms. The number of piperazine rings is 1. The van der Waals surface area contributed by atoms with Crippen LogP contribution in [0.15, 0.2) is 23.3 Å². The molecule has 8 heteroatoms. The molecule has 28 heavy (non-hydrogen) atoms. The second kappa shape index (κ2) is 10.1. The van der Waals surface area contributed by atoms with E-state index >= 15 is 0 Å². The van der Waals surface area contributed by atoms with Crippen LogP contribution in [0.5, 0.6) is 0 Å². The molecule has 2 bridgehead atoms. The molecule has 0 amide bonds. The topological polar surface area (TPSA) is 65.0 Å². The maximum atomic E-state index is 5.93. The number of hydrogen-bond acceptors (Lipinski definition) is 5. The molecular weight excluding hydrogens is 467 g/mol. The molecule has 7 nitrogen and oxygen atoms in total. The fraction of sp³-hybridized carbons (Fsp3) is 0.700. The van der Waals surface area contributed by atoms with Crippen LogP contribution in [0, 0.1) is 0 Å². The average molecular weight is 500 g/mol. The minimum atomic E-state index is 0. The second-order valence-corrected chi connectivity index (χ2v) is 7.73. The highest BCUT2D eigenvalue weighted by Crippen LogP contribution is 2.34. The highest BCUT2D eigenvalue weighted by Gasteiger charge is 2.41. The number of rotatable bonds is 5. The van der Waals surface area contributed by atoms with Crippen LogP contribution < -0.4 is 15.5 Å².